The number of ether oxygens (including phenoxy) is 2. The summed E-state index contributed by atoms with van der Waals surface area (Å²) in [6.45, 7) is 3.67. The highest BCUT2D eigenvalue weighted by Crippen LogP contribution is 2.20. The maximum atomic E-state index is 12.1. The molecule has 0 bridgehead atoms. The van der Waals surface area contributed by atoms with E-state index in [9.17, 15) is 4.79 Å². The molecule has 2 rings (SSSR count). The van der Waals surface area contributed by atoms with Crippen molar-refractivity contribution in [1.82, 2.24) is 10.3 Å². The predicted octanol–water partition coefficient (Wildman–Crippen LogP) is 2.95. The molecule has 5 heteroatoms. The van der Waals surface area contributed by atoms with Crippen molar-refractivity contribution in [3.63, 3.8) is 0 Å². The number of amides is 1. The summed E-state index contributed by atoms with van der Waals surface area (Å²) >= 11 is 0. The van der Waals surface area contributed by atoms with Gasteiger partial charge in [-0.15, -0.1) is 0 Å². The Hall–Kier alpha value is -1.62. The van der Waals surface area contributed by atoms with E-state index in [-0.39, 0.29) is 5.91 Å². The fourth-order valence-electron chi connectivity index (χ4n) is 2.67. The first kappa shape index (κ1) is 16.7. The van der Waals surface area contributed by atoms with E-state index in [1.807, 2.05) is 6.92 Å². The summed E-state index contributed by atoms with van der Waals surface area (Å²) in [6, 6.07) is 3.47. The molecule has 1 fully saturated rings. The standard InChI is InChI=1S/C17H26N2O3/c1-2-21-17-15(10-6-11-19-17)16(20)18-12-7-13-22-14-8-4-3-5-9-14/h6,10-11,14H,2-5,7-9,12-13H2,1H3,(H,18,20). The molecule has 122 valence electrons. The molecule has 0 spiro atoms. The third kappa shape index (κ3) is 5.30. The number of pyridine rings is 1. The smallest absolute Gasteiger partial charge is 0.256 e. The average Bonchev–Trinajstić information content (AvgIpc) is 2.56. The van der Waals surface area contributed by atoms with Gasteiger partial charge < -0.3 is 14.8 Å². The van der Waals surface area contributed by atoms with Gasteiger partial charge in [-0.25, -0.2) is 4.98 Å². The third-order valence-electron chi connectivity index (χ3n) is 3.81. The summed E-state index contributed by atoms with van der Waals surface area (Å²) in [4.78, 5) is 16.2. The molecule has 5 nitrogen and oxygen atoms in total. The van der Waals surface area contributed by atoms with Crippen LogP contribution in [0.25, 0.3) is 0 Å². The molecule has 1 aromatic rings. The van der Waals surface area contributed by atoms with Crippen molar-refractivity contribution >= 4 is 5.91 Å². The Morgan fingerprint density at radius 3 is 2.95 bits per heavy atom. The second kappa shape index (κ2) is 9.41. The van der Waals surface area contributed by atoms with Crippen LogP contribution in [0.2, 0.25) is 0 Å². The molecular formula is C17H26N2O3. The molecule has 1 amide bonds. The lowest BCUT2D eigenvalue weighted by molar-refractivity contribution is 0.0273. The van der Waals surface area contributed by atoms with Gasteiger partial charge >= 0.3 is 0 Å². The fourth-order valence-corrected chi connectivity index (χ4v) is 2.67. The van der Waals surface area contributed by atoms with Crippen LogP contribution in [0.4, 0.5) is 0 Å². The number of rotatable bonds is 8. The Labute approximate surface area is 132 Å². The van der Waals surface area contributed by atoms with E-state index < -0.39 is 0 Å². The van der Waals surface area contributed by atoms with Gasteiger partial charge in [-0.2, -0.15) is 0 Å². The molecule has 0 radical (unpaired) electrons. The van der Waals surface area contributed by atoms with Crippen molar-refractivity contribution in [2.24, 2.45) is 0 Å². The van der Waals surface area contributed by atoms with Gasteiger partial charge in [0.15, 0.2) is 0 Å². The molecule has 0 aliphatic heterocycles. The monoisotopic (exact) mass is 306 g/mol. The van der Waals surface area contributed by atoms with Crippen molar-refractivity contribution < 1.29 is 14.3 Å². The molecular weight excluding hydrogens is 280 g/mol. The van der Waals surface area contributed by atoms with Gasteiger partial charge in [-0.1, -0.05) is 19.3 Å². The van der Waals surface area contributed by atoms with E-state index in [4.69, 9.17) is 9.47 Å². The van der Waals surface area contributed by atoms with Gasteiger partial charge in [0, 0.05) is 19.3 Å². The second-order valence-electron chi connectivity index (χ2n) is 5.53. The molecule has 0 saturated heterocycles. The quantitative estimate of drug-likeness (QED) is 0.750. The molecule has 1 aliphatic carbocycles. The zero-order valence-corrected chi connectivity index (χ0v) is 13.3. The van der Waals surface area contributed by atoms with Gasteiger partial charge in [0.2, 0.25) is 5.88 Å². The highest BCUT2D eigenvalue weighted by atomic mass is 16.5. The van der Waals surface area contributed by atoms with Crippen LogP contribution in [0.15, 0.2) is 18.3 Å². The van der Waals surface area contributed by atoms with Gasteiger partial charge in [0.1, 0.15) is 5.56 Å². The van der Waals surface area contributed by atoms with Crippen LogP contribution in [0, 0.1) is 0 Å². The Morgan fingerprint density at radius 1 is 1.36 bits per heavy atom. The van der Waals surface area contributed by atoms with Crippen LogP contribution in [-0.4, -0.2) is 36.8 Å². The fraction of sp³-hybridized carbons (Fsp3) is 0.647. The summed E-state index contributed by atoms with van der Waals surface area (Å²) in [5, 5.41) is 2.90. The number of nitrogens with one attached hydrogen (secondary N) is 1. The van der Waals surface area contributed by atoms with E-state index in [0.29, 0.717) is 37.3 Å². The first-order chi connectivity index (χ1) is 10.8. The summed E-state index contributed by atoms with van der Waals surface area (Å²) in [5.41, 5.74) is 0.484. The normalized spacial score (nSPS) is 15.5. The van der Waals surface area contributed by atoms with Crippen molar-refractivity contribution in [2.75, 3.05) is 19.8 Å². The Kier molecular flexibility index (Phi) is 7.16. The van der Waals surface area contributed by atoms with Crippen molar-refractivity contribution in [1.29, 1.82) is 0 Å². The minimum atomic E-state index is -0.144. The summed E-state index contributed by atoms with van der Waals surface area (Å²) in [6.07, 6.45) is 9.13. The predicted molar refractivity (Wildman–Crippen MR) is 85.2 cm³/mol. The third-order valence-corrected chi connectivity index (χ3v) is 3.81. The van der Waals surface area contributed by atoms with Crippen LogP contribution >= 0.6 is 0 Å². The van der Waals surface area contributed by atoms with Crippen LogP contribution in [0.1, 0.15) is 55.8 Å². The van der Waals surface area contributed by atoms with Crippen LogP contribution in [-0.2, 0) is 4.74 Å². The number of aromatic nitrogens is 1. The summed E-state index contributed by atoms with van der Waals surface area (Å²) < 4.78 is 11.2. The lowest BCUT2D eigenvalue weighted by Gasteiger charge is -2.21. The summed E-state index contributed by atoms with van der Waals surface area (Å²) in [5.74, 6) is 0.246. The van der Waals surface area contributed by atoms with Gasteiger partial charge in [-0.05, 0) is 38.3 Å². The van der Waals surface area contributed by atoms with Gasteiger partial charge in [0.05, 0.1) is 12.7 Å². The van der Waals surface area contributed by atoms with Gasteiger partial charge in [-0.3, -0.25) is 4.79 Å². The number of carbonyl (C=O) groups is 1. The lowest BCUT2D eigenvalue weighted by atomic mass is 9.98. The zero-order valence-electron chi connectivity index (χ0n) is 13.3. The highest BCUT2D eigenvalue weighted by Gasteiger charge is 2.14. The average molecular weight is 306 g/mol. The molecule has 1 heterocycles. The van der Waals surface area contributed by atoms with E-state index in [1.165, 1.54) is 32.1 Å². The number of carbonyl (C=O) groups excluding carboxylic acids is 1. The topological polar surface area (TPSA) is 60.5 Å². The number of hydrogen-bond acceptors (Lipinski definition) is 4. The molecule has 1 aliphatic rings. The Morgan fingerprint density at radius 2 is 2.18 bits per heavy atom. The molecule has 1 aromatic heterocycles. The second-order valence-corrected chi connectivity index (χ2v) is 5.53. The zero-order chi connectivity index (χ0) is 15.6. The van der Waals surface area contributed by atoms with Crippen molar-refractivity contribution in [3.8, 4) is 5.88 Å². The molecule has 1 saturated carbocycles. The van der Waals surface area contributed by atoms with E-state index >= 15 is 0 Å². The minimum absolute atomic E-state index is 0.144. The Balaban J connectivity index is 1.67. The van der Waals surface area contributed by atoms with Gasteiger partial charge in [0.25, 0.3) is 5.91 Å². The van der Waals surface area contributed by atoms with E-state index in [1.54, 1.807) is 18.3 Å². The van der Waals surface area contributed by atoms with Crippen LogP contribution < -0.4 is 10.1 Å². The van der Waals surface area contributed by atoms with Crippen molar-refractivity contribution in [2.45, 2.75) is 51.6 Å². The summed E-state index contributed by atoms with van der Waals surface area (Å²) in [7, 11) is 0. The molecule has 0 unspecified atom stereocenters. The Bertz CT molecular complexity index is 459. The molecule has 0 atom stereocenters. The van der Waals surface area contributed by atoms with Crippen LogP contribution in [0.3, 0.4) is 0 Å². The minimum Gasteiger partial charge on any atom is -0.477 e. The van der Waals surface area contributed by atoms with E-state index in [0.717, 1.165) is 6.42 Å². The molecule has 0 aromatic carbocycles. The SMILES string of the molecule is CCOc1ncccc1C(=O)NCCCOC1CCCCC1. The maximum Gasteiger partial charge on any atom is 0.256 e. The maximum absolute atomic E-state index is 12.1. The van der Waals surface area contributed by atoms with Crippen LogP contribution in [0.5, 0.6) is 5.88 Å². The van der Waals surface area contributed by atoms with Crippen molar-refractivity contribution in [3.05, 3.63) is 23.9 Å². The molecule has 22 heavy (non-hydrogen) atoms. The lowest BCUT2D eigenvalue weighted by Crippen LogP contribution is -2.27. The largest absolute Gasteiger partial charge is 0.477 e. The number of nitrogens with zero attached hydrogens (tertiary/aromatic N) is 1. The van der Waals surface area contributed by atoms with E-state index in [2.05, 4.69) is 10.3 Å². The first-order valence-corrected chi connectivity index (χ1v) is 8.29. The first-order valence-electron chi connectivity index (χ1n) is 8.29. The number of hydrogen-bond donors (Lipinski definition) is 1. The molecule has 1 N–H and O–H groups in total. The highest BCUT2D eigenvalue weighted by molar-refractivity contribution is 5.96.